The zero-order valence-electron chi connectivity index (χ0n) is 21.9. The predicted octanol–water partition coefficient (Wildman–Crippen LogP) is 2.53. The van der Waals surface area contributed by atoms with Crippen molar-refractivity contribution in [2.24, 2.45) is 0 Å². The molecule has 2 aromatic heterocycles. The van der Waals surface area contributed by atoms with Crippen molar-refractivity contribution in [3.8, 4) is 0 Å². The Balaban J connectivity index is 1.30. The number of rotatable bonds is 7. The molecule has 0 aliphatic carbocycles. The number of ether oxygens (including phenoxy) is 1. The topological polar surface area (TPSA) is 111 Å². The third-order valence-corrected chi connectivity index (χ3v) is 8.62. The van der Waals surface area contributed by atoms with Crippen molar-refractivity contribution in [2.75, 3.05) is 56.2 Å². The summed E-state index contributed by atoms with van der Waals surface area (Å²) in [6.45, 7) is 7.44. The number of nitrogens with zero attached hydrogens (tertiary/aromatic N) is 5. The van der Waals surface area contributed by atoms with Gasteiger partial charge in [0.05, 0.1) is 48.3 Å². The summed E-state index contributed by atoms with van der Waals surface area (Å²) in [7, 11) is 0. The Kier molecular flexibility index (Phi) is 6.74. The molecule has 2 amide bonds. The molecule has 5 heterocycles. The number of alkyl halides is 1. The molecule has 3 aliphatic rings. The number of halogens is 1. The minimum Gasteiger partial charge on any atom is -0.387 e. The lowest BCUT2D eigenvalue weighted by Crippen LogP contribution is -2.56. The maximum Gasteiger partial charge on any atom is 0.258 e. The highest BCUT2D eigenvalue weighted by Crippen LogP contribution is 2.36. The lowest BCUT2D eigenvalue weighted by molar-refractivity contribution is -0.0660. The fourth-order valence-corrected chi connectivity index (χ4v) is 6.06. The second-order valence-electron chi connectivity index (χ2n) is 10.9. The molecule has 0 radical (unpaired) electrons. The third kappa shape index (κ3) is 4.97. The first-order valence-corrected chi connectivity index (χ1v) is 14.0. The third-order valence-electron chi connectivity index (χ3n) is 7.74. The minimum absolute atomic E-state index is 0.204. The Labute approximate surface area is 229 Å². The molecular weight excluding hydrogens is 523 g/mol. The number of anilines is 2. The van der Waals surface area contributed by atoms with E-state index in [9.17, 15) is 19.1 Å². The van der Waals surface area contributed by atoms with E-state index in [0.29, 0.717) is 38.8 Å². The molecule has 0 spiro atoms. The van der Waals surface area contributed by atoms with Gasteiger partial charge in [0, 0.05) is 56.1 Å². The molecule has 2 N–H and O–H groups in total. The van der Waals surface area contributed by atoms with Crippen LogP contribution in [0.2, 0.25) is 0 Å². The highest BCUT2D eigenvalue weighted by atomic mass is 32.1. The van der Waals surface area contributed by atoms with Gasteiger partial charge in [0.15, 0.2) is 0 Å². The number of carbonyl (C=O) groups excluding carboxylic acids is 2. The number of thiophene rings is 1. The van der Waals surface area contributed by atoms with Crippen LogP contribution in [0.5, 0.6) is 0 Å². The molecule has 12 heteroatoms. The van der Waals surface area contributed by atoms with Crippen molar-refractivity contribution in [1.82, 2.24) is 19.8 Å². The quantitative estimate of drug-likeness (QED) is 0.459. The number of amides is 2. The number of nitrogens with one attached hydrogen (secondary N) is 1. The van der Waals surface area contributed by atoms with Crippen molar-refractivity contribution in [3.63, 3.8) is 0 Å². The number of benzene rings is 1. The monoisotopic (exact) mass is 554 g/mol. The molecule has 39 heavy (non-hydrogen) atoms. The van der Waals surface area contributed by atoms with Gasteiger partial charge in [-0.05, 0) is 31.5 Å². The lowest BCUT2D eigenvalue weighted by atomic mass is 10.0. The van der Waals surface area contributed by atoms with Crippen LogP contribution in [0.4, 0.5) is 15.8 Å². The van der Waals surface area contributed by atoms with Gasteiger partial charge in [-0.15, -0.1) is 11.3 Å². The Morgan fingerprint density at radius 1 is 1.23 bits per heavy atom. The number of carbonyl (C=O) groups is 2. The highest BCUT2D eigenvalue weighted by Gasteiger charge is 2.36. The van der Waals surface area contributed by atoms with E-state index in [1.807, 2.05) is 12.1 Å². The standard InChI is InChI=1S/C27H31FN6O4S/c1-27(2,37)22(28)12-34-11-16-9-20(31-24(35)19-15-39-25-23(19)29-3-4-30-25)21(10-18(16)26(34)36)33-7-5-32(6-8-33)17-13-38-14-17/h3-4,9-10,15,17,22,37H,5-8,11-14H2,1-2H3,(H,31,35)/t22-/m1/s1. The number of hydrogen-bond acceptors (Lipinski definition) is 9. The Hall–Kier alpha value is -3.19. The van der Waals surface area contributed by atoms with E-state index in [2.05, 4.69) is 25.1 Å². The van der Waals surface area contributed by atoms with Gasteiger partial charge in [-0.1, -0.05) is 0 Å². The Morgan fingerprint density at radius 3 is 2.67 bits per heavy atom. The summed E-state index contributed by atoms with van der Waals surface area (Å²) in [5.74, 6) is -0.583. The molecule has 1 aromatic carbocycles. The van der Waals surface area contributed by atoms with Crippen LogP contribution >= 0.6 is 11.3 Å². The lowest BCUT2D eigenvalue weighted by Gasteiger charge is -2.43. The maximum atomic E-state index is 14.7. The molecular formula is C27H31FN6O4S. The number of aromatic nitrogens is 2. The van der Waals surface area contributed by atoms with Crippen LogP contribution in [0.1, 0.15) is 40.1 Å². The number of aliphatic hydroxyl groups is 1. The van der Waals surface area contributed by atoms with Crippen LogP contribution in [0.15, 0.2) is 29.9 Å². The van der Waals surface area contributed by atoms with E-state index < -0.39 is 11.8 Å². The van der Waals surface area contributed by atoms with Gasteiger partial charge in [0.25, 0.3) is 11.8 Å². The molecule has 0 saturated carbocycles. The second-order valence-corrected chi connectivity index (χ2v) is 11.7. The molecule has 6 rings (SSSR count). The van der Waals surface area contributed by atoms with E-state index in [0.717, 1.165) is 45.1 Å². The number of fused-ring (bicyclic) bond motifs is 2. The zero-order valence-corrected chi connectivity index (χ0v) is 22.7. The average molecular weight is 555 g/mol. The van der Waals surface area contributed by atoms with Crippen LogP contribution in [0.3, 0.4) is 0 Å². The normalized spacial score (nSPS) is 19.3. The fourth-order valence-electron chi connectivity index (χ4n) is 5.22. The van der Waals surface area contributed by atoms with Gasteiger partial charge in [0.1, 0.15) is 16.5 Å². The van der Waals surface area contributed by atoms with E-state index >= 15 is 0 Å². The second kappa shape index (κ2) is 10.1. The summed E-state index contributed by atoms with van der Waals surface area (Å²) in [5.41, 5.74) is 1.97. The van der Waals surface area contributed by atoms with E-state index in [1.54, 1.807) is 17.8 Å². The molecule has 206 valence electrons. The number of piperazine rings is 1. The molecule has 0 bridgehead atoms. The van der Waals surface area contributed by atoms with Crippen LogP contribution in [-0.4, -0.2) is 100 Å². The first-order chi connectivity index (χ1) is 18.7. The van der Waals surface area contributed by atoms with Crippen LogP contribution in [-0.2, 0) is 11.3 Å². The summed E-state index contributed by atoms with van der Waals surface area (Å²) in [4.78, 5) is 42.0. The summed E-state index contributed by atoms with van der Waals surface area (Å²) >= 11 is 1.36. The zero-order chi connectivity index (χ0) is 27.3. The van der Waals surface area contributed by atoms with Crippen molar-refractivity contribution < 1.29 is 23.8 Å². The molecule has 10 nitrogen and oxygen atoms in total. The fraction of sp³-hybridized carbons (Fsp3) is 0.481. The Morgan fingerprint density at radius 2 is 1.97 bits per heavy atom. The molecule has 0 unspecified atom stereocenters. The van der Waals surface area contributed by atoms with Crippen molar-refractivity contribution in [2.45, 2.75) is 38.2 Å². The van der Waals surface area contributed by atoms with Crippen molar-refractivity contribution in [1.29, 1.82) is 0 Å². The average Bonchev–Trinajstić information content (AvgIpc) is 3.43. The van der Waals surface area contributed by atoms with E-state index in [4.69, 9.17) is 4.74 Å². The van der Waals surface area contributed by atoms with Crippen molar-refractivity contribution >= 4 is 44.9 Å². The van der Waals surface area contributed by atoms with Gasteiger partial charge >= 0.3 is 0 Å². The predicted molar refractivity (Wildman–Crippen MR) is 146 cm³/mol. The first-order valence-electron chi connectivity index (χ1n) is 13.1. The molecule has 3 aliphatic heterocycles. The maximum absolute atomic E-state index is 14.7. The first kappa shape index (κ1) is 26.1. The van der Waals surface area contributed by atoms with Gasteiger partial charge in [-0.2, -0.15) is 0 Å². The van der Waals surface area contributed by atoms with Gasteiger partial charge < -0.3 is 25.0 Å². The van der Waals surface area contributed by atoms with Gasteiger partial charge in [-0.25, -0.2) is 9.37 Å². The number of hydrogen-bond donors (Lipinski definition) is 2. The van der Waals surface area contributed by atoms with E-state index in [-0.39, 0.29) is 24.9 Å². The smallest absolute Gasteiger partial charge is 0.258 e. The largest absolute Gasteiger partial charge is 0.387 e. The van der Waals surface area contributed by atoms with Crippen LogP contribution in [0, 0.1) is 0 Å². The minimum atomic E-state index is -1.59. The van der Waals surface area contributed by atoms with Crippen LogP contribution in [0.25, 0.3) is 10.3 Å². The van der Waals surface area contributed by atoms with Gasteiger partial charge in [0.2, 0.25) is 0 Å². The molecule has 3 aromatic rings. The molecule has 2 saturated heterocycles. The molecule has 1 atom stereocenters. The van der Waals surface area contributed by atoms with Crippen molar-refractivity contribution in [3.05, 3.63) is 46.6 Å². The van der Waals surface area contributed by atoms with Gasteiger partial charge in [-0.3, -0.25) is 19.5 Å². The Bertz CT molecular complexity index is 1410. The summed E-state index contributed by atoms with van der Waals surface area (Å²) in [6, 6.07) is 4.08. The molecule has 2 fully saturated rings. The summed E-state index contributed by atoms with van der Waals surface area (Å²) in [5, 5.41) is 14.9. The van der Waals surface area contributed by atoms with E-state index in [1.165, 1.54) is 30.1 Å². The summed E-state index contributed by atoms with van der Waals surface area (Å²) < 4.78 is 20.0. The SMILES string of the molecule is CC(C)(O)[C@H](F)CN1Cc2cc(NC(=O)c3csc4nccnc34)c(N3CCN(C4COC4)CC3)cc2C1=O. The van der Waals surface area contributed by atoms with Crippen LogP contribution < -0.4 is 10.2 Å². The summed E-state index contributed by atoms with van der Waals surface area (Å²) in [6.07, 6.45) is 1.56. The highest BCUT2D eigenvalue weighted by molar-refractivity contribution is 7.17.